The highest BCUT2D eigenvalue weighted by Gasteiger charge is 2.26. The molecule has 0 atom stereocenters. The molecule has 0 aliphatic carbocycles. The standard InChI is InChI=1S/C31H31ClN2O3/c1-31(2,3)34(30(35)36)21-23-8-7-11-27(18-23)37-29-19-26(32)16-17-28(29)33-20-22-12-14-25(15-13-22)24-9-5-4-6-10-24/h4-19,33H,20-21H2,1-3H3,(H,35,36). The summed E-state index contributed by atoms with van der Waals surface area (Å²) in [6, 6.07) is 31.7. The van der Waals surface area contributed by atoms with Gasteiger partial charge in [0.05, 0.1) is 5.69 Å². The molecule has 6 heteroatoms. The number of anilines is 1. The second-order valence-corrected chi connectivity index (χ2v) is 10.3. The van der Waals surface area contributed by atoms with Crippen LogP contribution in [0.3, 0.4) is 0 Å². The highest BCUT2D eigenvalue weighted by molar-refractivity contribution is 6.30. The molecule has 0 saturated carbocycles. The maximum absolute atomic E-state index is 11.8. The Kier molecular flexibility index (Phi) is 8.04. The Morgan fingerprint density at radius 1 is 0.865 bits per heavy atom. The molecule has 0 saturated heterocycles. The fourth-order valence-corrected chi connectivity index (χ4v) is 4.14. The minimum absolute atomic E-state index is 0.260. The summed E-state index contributed by atoms with van der Waals surface area (Å²) in [6.07, 6.45) is -0.961. The van der Waals surface area contributed by atoms with Crippen LogP contribution >= 0.6 is 11.6 Å². The molecular weight excluding hydrogens is 484 g/mol. The molecular formula is C31H31ClN2O3. The van der Waals surface area contributed by atoms with Crippen LogP contribution in [0.2, 0.25) is 5.02 Å². The van der Waals surface area contributed by atoms with E-state index in [4.69, 9.17) is 16.3 Å². The van der Waals surface area contributed by atoms with E-state index in [2.05, 4.69) is 41.7 Å². The minimum Gasteiger partial charge on any atom is -0.465 e. The van der Waals surface area contributed by atoms with Crippen molar-refractivity contribution in [1.82, 2.24) is 4.90 Å². The molecule has 37 heavy (non-hydrogen) atoms. The van der Waals surface area contributed by atoms with Crippen molar-refractivity contribution >= 4 is 23.4 Å². The number of ether oxygens (including phenoxy) is 1. The van der Waals surface area contributed by atoms with E-state index in [1.807, 2.05) is 75.4 Å². The first-order valence-corrected chi connectivity index (χ1v) is 12.5. The predicted molar refractivity (Wildman–Crippen MR) is 150 cm³/mol. The van der Waals surface area contributed by atoms with Crippen molar-refractivity contribution in [3.63, 3.8) is 0 Å². The maximum atomic E-state index is 11.8. The monoisotopic (exact) mass is 514 g/mol. The summed E-state index contributed by atoms with van der Waals surface area (Å²) in [4.78, 5) is 13.2. The van der Waals surface area contributed by atoms with E-state index >= 15 is 0 Å². The SMILES string of the molecule is CC(C)(C)N(Cc1cccc(Oc2cc(Cl)ccc2NCc2ccc(-c3ccccc3)cc2)c1)C(=O)O. The molecule has 0 aliphatic heterocycles. The summed E-state index contributed by atoms with van der Waals surface area (Å²) < 4.78 is 6.21. The lowest BCUT2D eigenvalue weighted by molar-refractivity contribution is 0.0955. The van der Waals surface area contributed by atoms with Crippen LogP contribution in [-0.4, -0.2) is 21.6 Å². The summed E-state index contributed by atoms with van der Waals surface area (Å²) in [6.45, 7) is 6.50. The summed E-state index contributed by atoms with van der Waals surface area (Å²) in [5, 5.41) is 13.7. The van der Waals surface area contributed by atoms with Gasteiger partial charge in [0, 0.05) is 29.7 Å². The second-order valence-electron chi connectivity index (χ2n) is 9.85. The normalized spacial score (nSPS) is 11.1. The molecule has 4 rings (SSSR count). The van der Waals surface area contributed by atoms with Crippen molar-refractivity contribution in [3.05, 3.63) is 113 Å². The first kappa shape index (κ1) is 26.1. The van der Waals surface area contributed by atoms with Crippen LogP contribution in [0.1, 0.15) is 31.9 Å². The van der Waals surface area contributed by atoms with Gasteiger partial charge in [-0.2, -0.15) is 0 Å². The lowest BCUT2D eigenvalue weighted by Crippen LogP contribution is -2.44. The third-order valence-electron chi connectivity index (χ3n) is 6.00. The molecule has 0 heterocycles. The van der Waals surface area contributed by atoms with Gasteiger partial charge in [-0.15, -0.1) is 0 Å². The van der Waals surface area contributed by atoms with Gasteiger partial charge in [0.25, 0.3) is 0 Å². The number of carbonyl (C=O) groups is 1. The molecule has 190 valence electrons. The van der Waals surface area contributed by atoms with Crippen molar-refractivity contribution in [2.75, 3.05) is 5.32 Å². The van der Waals surface area contributed by atoms with Gasteiger partial charge < -0.3 is 15.2 Å². The Bertz CT molecular complexity index is 1350. The summed E-state index contributed by atoms with van der Waals surface area (Å²) >= 11 is 6.28. The van der Waals surface area contributed by atoms with Crippen molar-refractivity contribution in [2.45, 2.75) is 39.4 Å². The van der Waals surface area contributed by atoms with Crippen LogP contribution in [0.15, 0.2) is 97.1 Å². The lowest BCUT2D eigenvalue weighted by atomic mass is 10.0. The van der Waals surface area contributed by atoms with Gasteiger partial charge in [-0.25, -0.2) is 4.79 Å². The molecule has 0 bridgehead atoms. The summed E-state index contributed by atoms with van der Waals surface area (Å²) in [5.41, 5.74) is 4.62. The molecule has 4 aromatic rings. The van der Waals surface area contributed by atoms with Gasteiger partial charge in [0.2, 0.25) is 0 Å². The molecule has 5 nitrogen and oxygen atoms in total. The maximum Gasteiger partial charge on any atom is 0.408 e. The van der Waals surface area contributed by atoms with Gasteiger partial charge >= 0.3 is 6.09 Å². The average Bonchev–Trinajstić information content (AvgIpc) is 2.87. The summed E-state index contributed by atoms with van der Waals surface area (Å²) in [5.74, 6) is 1.20. The van der Waals surface area contributed by atoms with E-state index in [-0.39, 0.29) is 6.54 Å². The third-order valence-corrected chi connectivity index (χ3v) is 6.23. The largest absolute Gasteiger partial charge is 0.465 e. The number of rotatable bonds is 8. The topological polar surface area (TPSA) is 61.8 Å². The van der Waals surface area contributed by atoms with E-state index < -0.39 is 11.6 Å². The molecule has 0 aliphatic rings. The van der Waals surface area contributed by atoms with Gasteiger partial charge in [-0.3, -0.25) is 4.90 Å². The van der Waals surface area contributed by atoms with E-state index in [9.17, 15) is 9.90 Å². The van der Waals surface area contributed by atoms with Crippen LogP contribution in [0.5, 0.6) is 11.5 Å². The number of hydrogen-bond acceptors (Lipinski definition) is 3. The molecule has 0 spiro atoms. The average molecular weight is 515 g/mol. The van der Waals surface area contributed by atoms with Crippen molar-refractivity contribution < 1.29 is 14.6 Å². The van der Waals surface area contributed by atoms with E-state index in [0.29, 0.717) is 23.1 Å². The Labute approximate surface area is 223 Å². The quantitative estimate of drug-likeness (QED) is 0.247. The first-order chi connectivity index (χ1) is 17.7. The van der Waals surface area contributed by atoms with Crippen LogP contribution < -0.4 is 10.1 Å². The summed E-state index contributed by atoms with van der Waals surface area (Å²) in [7, 11) is 0. The molecule has 1 amide bonds. The molecule has 2 N–H and O–H groups in total. The number of halogens is 1. The Hall–Kier alpha value is -3.96. The van der Waals surface area contributed by atoms with E-state index in [1.165, 1.54) is 16.0 Å². The number of nitrogens with one attached hydrogen (secondary N) is 1. The third kappa shape index (κ3) is 7.05. The number of hydrogen-bond donors (Lipinski definition) is 2. The van der Waals surface area contributed by atoms with E-state index in [1.54, 1.807) is 6.07 Å². The van der Waals surface area contributed by atoms with Crippen molar-refractivity contribution in [2.24, 2.45) is 0 Å². The Morgan fingerprint density at radius 2 is 1.57 bits per heavy atom. The smallest absolute Gasteiger partial charge is 0.408 e. The van der Waals surface area contributed by atoms with Gasteiger partial charge in [-0.1, -0.05) is 78.3 Å². The fourth-order valence-electron chi connectivity index (χ4n) is 3.98. The molecule has 0 fully saturated rings. The van der Waals surface area contributed by atoms with Gasteiger partial charge in [0.15, 0.2) is 5.75 Å². The zero-order valence-corrected chi connectivity index (χ0v) is 22.0. The van der Waals surface area contributed by atoms with Crippen LogP contribution in [0, 0.1) is 0 Å². The highest BCUT2D eigenvalue weighted by Crippen LogP contribution is 2.33. The molecule has 4 aromatic carbocycles. The van der Waals surface area contributed by atoms with E-state index in [0.717, 1.165) is 16.8 Å². The Balaban J connectivity index is 1.47. The van der Waals surface area contributed by atoms with Gasteiger partial charge in [0.1, 0.15) is 5.75 Å². The van der Waals surface area contributed by atoms with Crippen LogP contribution in [0.4, 0.5) is 10.5 Å². The number of amides is 1. The predicted octanol–water partition coefficient (Wildman–Crippen LogP) is 8.69. The first-order valence-electron chi connectivity index (χ1n) is 12.1. The van der Waals surface area contributed by atoms with Gasteiger partial charge in [-0.05, 0) is 67.3 Å². The zero-order valence-electron chi connectivity index (χ0n) is 21.2. The molecule has 0 radical (unpaired) electrons. The van der Waals surface area contributed by atoms with Crippen molar-refractivity contribution in [3.8, 4) is 22.6 Å². The fraction of sp³-hybridized carbons (Fsp3) is 0.194. The van der Waals surface area contributed by atoms with Crippen LogP contribution in [0.25, 0.3) is 11.1 Å². The van der Waals surface area contributed by atoms with Crippen molar-refractivity contribution in [1.29, 1.82) is 0 Å². The molecule has 0 unspecified atom stereocenters. The highest BCUT2D eigenvalue weighted by atomic mass is 35.5. The Morgan fingerprint density at radius 3 is 2.24 bits per heavy atom. The number of benzene rings is 4. The number of carboxylic acid groups (broad SMARTS) is 1. The lowest BCUT2D eigenvalue weighted by Gasteiger charge is -2.33. The minimum atomic E-state index is -0.961. The number of nitrogens with zero attached hydrogens (tertiary/aromatic N) is 1. The molecule has 0 aromatic heterocycles. The zero-order chi connectivity index (χ0) is 26.4. The van der Waals surface area contributed by atoms with Crippen LogP contribution in [-0.2, 0) is 13.1 Å². The second kappa shape index (κ2) is 11.4.